The largest absolute Gasteiger partial charge is 0.324 e. The molecule has 1 aromatic carbocycles. The molecule has 1 aromatic rings. The molecule has 0 heterocycles. The molecule has 16 heavy (non-hydrogen) atoms. The van der Waals surface area contributed by atoms with Crippen molar-refractivity contribution in [2.75, 3.05) is 18.9 Å². The Balaban J connectivity index is 2.95. The SMILES string of the molecule is CCc1cccc(CC)c1NC(=O)CNC. The van der Waals surface area contributed by atoms with Gasteiger partial charge < -0.3 is 10.6 Å². The monoisotopic (exact) mass is 220 g/mol. The van der Waals surface area contributed by atoms with Crippen LogP contribution in [0.25, 0.3) is 0 Å². The van der Waals surface area contributed by atoms with Crippen molar-refractivity contribution in [2.45, 2.75) is 26.7 Å². The Hall–Kier alpha value is -1.35. The maximum absolute atomic E-state index is 11.6. The van der Waals surface area contributed by atoms with Gasteiger partial charge in [-0.25, -0.2) is 0 Å². The average Bonchev–Trinajstić information content (AvgIpc) is 2.29. The molecule has 0 bridgehead atoms. The molecule has 0 saturated carbocycles. The third kappa shape index (κ3) is 3.07. The molecule has 0 radical (unpaired) electrons. The standard InChI is InChI=1S/C13H20N2O/c1-4-10-7-6-8-11(5-2)13(10)15-12(16)9-14-3/h6-8,14H,4-5,9H2,1-3H3,(H,15,16). The van der Waals surface area contributed by atoms with Crippen LogP contribution in [0.4, 0.5) is 5.69 Å². The van der Waals surface area contributed by atoms with Gasteiger partial charge in [0.2, 0.25) is 5.91 Å². The average molecular weight is 220 g/mol. The maximum atomic E-state index is 11.6. The van der Waals surface area contributed by atoms with Crippen LogP contribution >= 0.6 is 0 Å². The summed E-state index contributed by atoms with van der Waals surface area (Å²) in [6.07, 6.45) is 1.87. The molecule has 3 nitrogen and oxygen atoms in total. The molecule has 1 amide bonds. The third-order valence-corrected chi connectivity index (χ3v) is 2.60. The molecule has 0 fully saturated rings. The van der Waals surface area contributed by atoms with E-state index < -0.39 is 0 Å². The van der Waals surface area contributed by atoms with Crippen LogP contribution in [0.5, 0.6) is 0 Å². The highest BCUT2D eigenvalue weighted by molar-refractivity contribution is 5.93. The quantitative estimate of drug-likeness (QED) is 0.796. The summed E-state index contributed by atoms with van der Waals surface area (Å²) in [5.74, 6) is 0.0121. The van der Waals surface area contributed by atoms with Crippen LogP contribution in [0.3, 0.4) is 0 Å². The van der Waals surface area contributed by atoms with E-state index in [1.165, 1.54) is 11.1 Å². The van der Waals surface area contributed by atoms with E-state index in [9.17, 15) is 4.79 Å². The van der Waals surface area contributed by atoms with Gasteiger partial charge in [0.05, 0.1) is 6.54 Å². The molecule has 0 unspecified atom stereocenters. The number of nitrogens with one attached hydrogen (secondary N) is 2. The summed E-state index contributed by atoms with van der Waals surface area (Å²) in [6, 6.07) is 6.17. The minimum atomic E-state index is 0.0121. The van der Waals surface area contributed by atoms with Crippen LogP contribution in [0, 0.1) is 0 Å². The number of likely N-dealkylation sites (N-methyl/N-ethyl adjacent to an activating group) is 1. The van der Waals surface area contributed by atoms with Gasteiger partial charge in [0, 0.05) is 5.69 Å². The molecular weight excluding hydrogens is 200 g/mol. The Morgan fingerprint density at radius 3 is 2.19 bits per heavy atom. The van der Waals surface area contributed by atoms with E-state index in [2.05, 4.69) is 36.6 Å². The lowest BCUT2D eigenvalue weighted by Crippen LogP contribution is -2.26. The van der Waals surface area contributed by atoms with E-state index in [-0.39, 0.29) is 5.91 Å². The molecule has 0 spiro atoms. The summed E-state index contributed by atoms with van der Waals surface area (Å²) >= 11 is 0. The summed E-state index contributed by atoms with van der Waals surface area (Å²) in [4.78, 5) is 11.6. The number of benzene rings is 1. The Bertz CT molecular complexity index is 339. The van der Waals surface area contributed by atoms with Gasteiger partial charge in [-0.3, -0.25) is 4.79 Å². The molecular formula is C13H20N2O. The van der Waals surface area contributed by atoms with Gasteiger partial charge in [0.1, 0.15) is 0 Å². The van der Waals surface area contributed by atoms with Crippen LogP contribution in [-0.2, 0) is 17.6 Å². The molecule has 0 aliphatic carbocycles. The maximum Gasteiger partial charge on any atom is 0.238 e. The van der Waals surface area contributed by atoms with Crippen molar-refractivity contribution >= 4 is 11.6 Å². The minimum absolute atomic E-state index is 0.0121. The highest BCUT2D eigenvalue weighted by atomic mass is 16.1. The molecule has 0 aliphatic rings. The minimum Gasteiger partial charge on any atom is -0.324 e. The first-order chi connectivity index (χ1) is 7.72. The first-order valence-corrected chi connectivity index (χ1v) is 5.78. The van der Waals surface area contributed by atoms with Crippen molar-refractivity contribution in [3.05, 3.63) is 29.3 Å². The van der Waals surface area contributed by atoms with Crippen LogP contribution in [0.15, 0.2) is 18.2 Å². The van der Waals surface area contributed by atoms with E-state index in [1.54, 1.807) is 7.05 Å². The number of carbonyl (C=O) groups excluding carboxylic acids is 1. The summed E-state index contributed by atoms with van der Waals surface area (Å²) in [6.45, 7) is 4.55. The fourth-order valence-corrected chi connectivity index (χ4v) is 1.75. The second-order valence-electron chi connectivity index (χ2n) is 3.74. The highest BCUT2D eigenvalue weighted by Gasteiger charge is 2.08. The lowest BCUT2D eigenvalue weighted by molar-refractivity contribution is -0.115. The summed E-state index contributed by atoms with van der Waals surface area (Å²) in [5, 5.41) is 5.83. The fourth-order valence-electron chi connectivity index (χ4n) is 1.75. The topological polar surface area (TPSA) is 41.1 Å². The van der Waals surface area contributed by atoms with Crippen molar-refractivity contribution in [2.24, 2.45) is 0 Å². The van der Waals surface area contributed by atoms with Gasteiger partial charge in [-0.1, -0.05) is 32.0 Å². The van der Waals surface area contributed by atoms with E-state index >= 15 is 0 Å². The number of carbonyl (C=O) groups is 1. The first-order valence-electron chi connectivity index (χ1n) is 5.78. The number of amides is 1. The highest BCUT2D eigenvalue weighted by Crippen LogP contribution is 2.22. The Morgan fingerprint density at radius 2 is 1.75 bits per heavy atom. The zero-order valence-electron chi connectivity index (χ0n) is 10.3. The fraction of sp³-hybridized carbons (Fsp3) is 0.462. The Morgan fingerprint density at radius 1 is 1.19 bits per heavy atom. The summed E-state index contributed by atoms with van der Waals surface area (Å²) < 4.78 is 0. The van der Waals surface area contributed by atoms with Crippen molar-refractivity contribution in [1.82, 2.24) is 5.32 Å². The second-order valence-corrected chi connectivity index (χ2v) is 3.74. The van der Waals surface area contributed by atoms with Crippen LogP contribution < -0.4 is 10.6 Å². The number of hydrogen-bond acceptors (Lipinski definition) is 2. The summed E-state index contributed by atoms with van der Waals surface area (Å²) in [7, 11) is 1.77. The smallest absolute Gasteiger partial charge is 0.238 e. The van der Waals surface area contributed by atoms with Gasteiger partial charge in [-0.05, 0) is 31.0 Å². The number of hydrogen-bond donors (Lipinski definition) is 2. The predicted molar refractivity (Wildman–Crippen MR) is 67.8 cm³/mol. The molecule has 88 valence electrons. The van der Waals surface area contributed by atoms with Crippen molar-refractivity contribution in [1.29, 1.82) is 0 Å². The van der Waals surface area contributed by atoms with Gasteiger partial charge >= 0.3 is 0 Å². The number of aryl methyl sites for hydroxylation is 2. The lowest BCUT2D eigenvalue weighted by Gasteiger charge is -2.14. The first kappa shape index (κ1) is 12.7. The van der Waals surface area contributed by atoms with Gasteiger partial charge in [0.15, 0.2) is 0 Å². The van der Waals surface area contributed by atoms with E-state index in [0.717, 1.165) is 18.5 Å². The van der Waals surface area contributed by atoms with Gasteiger partial charge in [0.25, 0.3) is 0 Å². The third-order valence-electron chi connectivity index (χ3n) is 2.60. The van der Waals surface area contributed by atoms with E-state index in [1.807, 2.05) is 6.07 Å². The van der Waals surface area contributed by atoms with Crippen molar-refractivity contribution in [3.63, 3.8) is 0 Å². The normalized spacial score (nSPS) is 10.2. The molecule has 0 aromatic heterocycles. The van der Waals surface area contributed by atoms with Crippen LogP contribution in [-0.4, -0.2) is 19.5 Å². The second kappa shape index (κ2) is 6.28. The van der Waals surface area contributed by atoms with Crippen molar-refractivity contribution in [3.8, 4) is 0 Å². The predicted octanol–water partition coefficient (Wildman–Crippen LogP) is 1.97. The van der Waals surface area contributed by atoms with Gasteiger partial charge in [-0.2, -0.15) is 0 Å². The molecule has 0 atom stereocenters. The molecule has 1 rings (SSSR count). The van der Waals surface area contributed by atoms with Crippen LogP contribution in [0.1, 0.15) is 25.0 Å². The molecule has 2 N–H and O–H groups in total. The van der Waals surface area contributed by atoms with E-state index in [4.69, 9.17) is 0 Å². The number of anilines is 1. The van der Waals surface area contributed by atoms with Gasteiger partial charge in [-0.15, -0.1) is 0 Å². The zero-order valence-corrected chi connectivity index (χ0v) is 10.3. The number of para-hydroxylation sites is 1. The lowest BCUT2D eigenvalue weighted by atomic mass is 10.0. The molecule has 0 saturated heterocycles. The zero-order chi connectivity index (χ0) is 12.0. The molecule has 0 aliphatic heterocycles. The van der Waals surface area contributed by atoms with E-state index in [0.29, 0.717) is 6.54 Å². The Labute approximate surface area is 97.2 Å². The Kier molecular flexibility index (Phi) is 4.99. The summed E-state index contributed by atoms with van der Waals surface area (Å²) in [5.41, 5.74) is 3.39. The number of rotatable bonds is 5. The molecule has 3 heteroatoms. The van der Waals surface area contributed by atoms with Crippen LogP contribution in [0.2, 0.25) is 0 Å². The van der Waals surface area contributed by atoms with Crippen molar-refractivity contribution < 1.29 is 4.79 Å².